The number of nitrogens with two attached hydrogens (primary N) is 1. The molecule has 0 aliphatic heterocycles. The summed E-state index contributed by atoms with van der Waals surface area (Å²) in [5.74, 6) is 0.218. The number of aliphatic hydroxyl groups excluding tert-OH is 1. The van der Waals surface area contributed by atoms with Crippen LogP contribution in [0.25, 0.3) is 0 Å². The van der Waals surface area contributed by atoms with Gasteiger partial charge in [0.15, 0.2) is 0 Å². The minimum Gasteiger partial charge on any atom is -0.388 e. The van der Waals surface area contributed by atoms with Gasteiger partial charge in [0.05, 0.1) is 6.10 Å². The fourth-order valence-corrected chi connectivity index (χ4v) is 2.75. The van der Waals surface area contributed by atoms with Gasteiger partial charge in [0.1, 0.15) is 0 Å². The molecule has 1 aliphatic carbocycles. The molecule has 0 radical (unpaired) electrons. The summed E-state index contributed by atoms with van der Waals surface area (Å²) in [6.45, 7) is 0. The number of aliphatic hydroxyl groups is 1. The topological polar surface area (TPSA) is 46.2 Å². The van der Waals surface area contributed by atoms with Crippen LogP contribution in [0.2, 0.25) is 0 Å². The minimum atomic E-state index is -0.414. The van der Waals surface area contributed by atoms with Gasteiger partial charge in [-0.3, -0.25) is 0 Å². The van der Waals surface area contributed by atoms with Crippen LogP contribution >= 0.6 is 15.9 Å². The van der Waals surface area contributed by atoms with Gasteiger partial charge in [-0.25, -0.2) is 0 Å². The van der Waals surface area contributed by atoms with E-state index in [2.05, 4.69) is 15.9 Å². The Morgan fingerprint density at radius 1 is 1.19 bits per heavy atom. The summed E-state index contributed by atoms with van der Waals surface area (Å²) in [5, 5.41) is 10.3. The van der Waals surface area contributed by atoms with Gasteiger partial charge in [-0.05, 0) is 30.5 Å². The lowest BCUT2D eigenvalue weighted by Gasteiger charge is -2.32. The van der Waals surface area contributed by atoms with E-state index in [0.717, 1.165) is 22.9 Å². The van der Waals surface area contributed by atoms with Gasteiger partial charge in [0.2, 0.25) is 0 Å². The average molecular weight is 284 g/mol. The lowest BCUT2D eigenvalue weighted by molar-refractivity contribution is 0.0722. The Labute approximate surface area is 105 Å². The Balaban J connectivity index is 2.11. The van der Waals surface area contributed by atoms with Gasteiger partial charge in [-0.1, -0.05) is 40.9 Å². The molecule has 0 amide bonds. The van der Waals surface area contributed by atoms with Crippen LogP contribution < -0.4 is 5.73 Å². The van der Waals surface area contributed by atoms with Gasteiger partial charge in [-0.2, -0.15) is 0 Å². The van der Waals surface area contributed by atoms with Gasteiger partial charge in [0, 0.05) is 16.4 Å². The number of hydrogen-bond acceptors (Lipinski definition) is 2. The molecule has 1 aliphatic rings. The molecule has 1 fully saturated rings. The monoisotopic (exact) mass is 283 g/mol. The maximum Gasteiger partial charge on any atom is 0.0833 e. The molecule has 16 heavy (non-hydrogen) atoms. The van der Waals surface area contributed by atoms with E-state index in [4.69, 9.17) is 5.73 Å². The molecule has 1 aromatic carbocycles. The average Bonchev–Trinajstić information content (AvgIpc) is 2.30. The van der Waals surface area contributed by atoms with Crippen molar-refractivity contribution in [2.24, 2.45) is 11.7 Å². The van der Waals surface area contributed by atoms with E-state index >= 15 is 0 Å². The van der Waals surface area contributed by atoms with E-state index in [9.17, 15) is 5.11 Å². The molecule has 1 saturated carbocycles. The van der Waals surface area contributed by atoms with Crippen molar-refractivity contribution in [2.75, 3.05) is 0 Å². The molecule has 3 unspecified atom stereocenters. The molecule has 2 nitrogen and oxygen atoms in total. The van der Waals surface area contributed by atoms with Gasteiger partial charge in [0.25, 0.3) is 0 Å². The summed E-state index contributed by atoms with van der Waals surface area (Å²) < 4.78 is 1.04. The van der Waals surface area contributed by atoms with Crippen molar-refractivity contribution in [3.8, 4) is 0 Å². The first-order chi connectivity index (χ1) is 7.68. The Bertz CT molecular complexity index is 338. The summed E-state index contributed by atoms with van der Waals surface area (Å²) in [6.07, 6.45) is 4.05. The molecule has 3 N–H and O–H groups in total. The fourth-order valence-electron chi connectivity index (χ4n) is 2.49. The maximum absolute atomic E-state index is 10.3. The zero-order valence-corrected chi connectivity index (χ0v) is 10.9. The molecular formula is C13H18BrNO. The zero-order valence-electron chi connectivity index (χ0n) is 9.27. The molecule has 2 rings (SSSR count). The third kappa shape index (κ3) is 2.65. The lowest BCUT2D eigenvalue weighted by atomic mass is 9.79. The van der Waals surface area contributed by atoms with Crippen LogP contribution in [0.4, 0.5) is 0 Å². The van der Waals surface area contributed by atoms with Crippen LogP contribution in [-0.4, -0.2) is 11.1 Å². The standard InChI is InChI=1S/C13H18BrNO/c14-10-7-5-9(6-8-10)13(16)11-3-1-2-4-12(11)15/h5-8,11-13,16H,1-4,15H2. The predicted octanol–water partition coefficient (Wildman–Crippen LogP) is 3.00. The zero-order chi connectivity index (χ0) is 11.5. The second-order valence-electron chi connectivity index (χ2n) is 4.61. The molecule has 3 heteroatoms. The van der Waals surface area contributed by atoms with Crippen LogP contribution in [-0.2, 0) is 0 Å². The minimum absolute atomic E-state index is 0.146. The fraction of sp³-hybridized carbons (Fsp3) is 0.538. The van der Waals surface area contributed by atoms with E-state index in [1.807, 2.05) is 24.3 Å². The van der Waals surface area contributed by atoms with Crippen molar-refractivity contribution >= 4 is 15.9 Å². The smallest absolute Gasteiger partial charge is 0.0833 e. The summed E-state index contributed by atoms with van der Waals surface area (Å²) in [4.78, 5) is 0. The highest BCUT2D eigenvalue weighted by Crippen LogP contribution is 2.33. The number of hydrogen-bond donors (Lipinski definition) is 2. The van der Waals surface area contributed by atoms with Gasteiger partial charge < -0.3 is 10.8 Å². The highest BCUT2D eigenvalue weighted by molar-refractivity contribution is 9.10. The van der Waals surface area contributed by atoms with Crippen LogP contribution in [0.5, 0.6) is 0 Å². The highest BCUT2D eigenvalue weighted by atomic mass is 79.9. The van der Waals surface area contributed by atoms with Gasteiger partial charge in [-0.15, -0.1) is 0 Å². The largest absolute Gasteiger partial charge is 0.388 e. The van der Waals surface area contributed by atoms with Crippen molar-refractivity contribution in [1.82, 2.24) is 0 Å². The summed E-state index contributed by atoms with van der Waals surface area (Å²) in [5.41, 5.74) is 7.06. The Hall–Kier alpha value is -0.380. The Morgan fingerprint density at radius 2 is 1.81 bits per heavy atom. The van der Waals surface area contributed by atoms with E-state index in [0.29, 0.717) is 0 Å². The third-order valence-corrected chi connectivity index (χ3v) is 4.02. The van der Waals surface area contributed by atoms with Crippen LogP contribution in [0.1, 0.15) is 37.4 Å². The molecule has 0 saturated heterocycles. The van der Waals surface area contributed by atoms with Crippen molar-refractivity contribution < 1.29 is 5.11 Å². The molecule has 0 spiro atoms. The van der Waals surface area contributed by atoms with E-state index < -0.39 is 6.10 Å². The molecule has 3 atom stereocenters. The predicted molar refractivity (Wildman–Crippen MR) is 69.0 cm³/mol. The van der Waals surface area contributed by atoms with Crippen LogP contribution in [0, 0.1) is 5.92 Å². The molecule has 88 valence electrons. The number of rotatable bonds is 2. The number of benzene rings is 1. The molecule has 0 bridgehead atoms. The lowest BCUT2D eigenvalue weighted by Crippen LogP contribution is -2.36. The number of halogens is 1. The van der Waals surface area contributed by atoms with Crippen molar-refractivity contribution in [2.45, 2.75) is 37.8 Å². The Kier molecular flexibility index (Phi) is 4.00. The van der Waals surface area contributed by atoms with Crippen LogP contribution in [0.3, 0.4) is 0 Å². The molecule has 0 aromatic heterocycles. The second kappa shape index (κ2) is 5.30. The van der Waals surface area contributed by atoms with Crippen LogP contribution in [0.15, 0.2) is 28.7 Å². The second-order valence-corrected chi connectivity index (χ2v) is 5.52. The van der Waals surface area contributed by atoms with Crippen molar-refractivity contribution in [1.29, 1.82) is 0 Å². The maximum atomic E-state index is 10.3. The van der Waals surface area contributed by atoms with E-state index in [1.54, 1.807) is 0 Å². The SMILES string of the molecule is NC1CCCCC1C(O)c1ccc(Br)cc1. The quantitative estimate of drug-likeness (QED) is 0.877. The highest BCUT2D eigenvalue weighted by Gasteiger charge is 2.29. The Morgan fingerprint density at radius 3 is 2.44 bits per heavy atom. The summed E-state index contributed by atoms with van der Waals surface area (Å²) in [6, 6.07) is 8.01. The normalized spacial score (nSPS) is 27.7. The third-order valence-electron chi connectivity index (χ3n) is 3.49. The van der Waals surface area contributed by atoms with E-state index in [1.165, 1.54) is 12.8 Å². The summed E-state index contributed by atoms with van der Waals surface area (Å²) >= 11 is 3.40. The first-order valence-corrected chi connectivity index (χ1v) is 6.67. The first-order valence-electron chi connectivity index (χ1n) is 5.87. The molecular weight excluding hydrogens is 266 g/mol. The molecule has 1 aromatic rings. The molecule has 0 heterocycles. The summed E-state index contributed by atoms with van der Waals surface area (Å²) in [7, 11) is 0. The first kappa shape index (κ1) is 12.1. The van der Waals surface area contributed by atoms with Crippen molar-refractivity contribution in [3.63, 3.8) is 0 Å². The van der Waals surface area contributed by atoms with E-state index in [-0.39, 0.29) is 12.0 Å². The van der Waals surface area contributed by atoms with Gasteiger partial charge >= 0.3 is 0 Å². The van der Waals surface area contributed by atoms with Crippen molar-refractivity contribution in [3.05, 3.63) is 34.3 Å².